The summed E-state index contributed by atoms with van der Waals surface area (Å²) in [6, 6.07) is 9.58. The maximum absolute atomic E-state index is 12.4. The Bertz CT molecular complexity index is 771. The SMILES string of the molecule is CCN1SN(CC)C(=O)C(C=Nc2nc(-c3ccccc3)ns2)C1=O. The molecule has 0 radical (unpaired) electrons. The number of carbonyl (C=O) groups excluding carboxylic acids is 2. The Morgan fingerprint density at radius 1 is 1.12 bits per heavy atom. The van der Waals surface area contributed by atoms with Crippen LogP contribution in [-0.2, 0) is 9.59 Å². The molecule has 0 N–H and O–H groups in total. The van der Waals surface area contributed by atoms with Crippen LogP contribution < -0.4 is 0 Å². The molecule has 0 unspecified atom stereocenters. The van der Waals surface area contributed by atoms with E-state index in [1.807, 2.05) is 44.2 Å². The number of aliphatic imine (C=N–C) groups is 1. The molecule has 2 aromatic rings. The van der Waals surface area contributed by atoms with E-state index in [2.05, 4.69) is 14.3 Å². The van der Waals surface area contributed by atoms with Crippen molar-refractivity contribution < 1.29 is 9.59 Å². The second-order valence-electron chi connectivity index (χ2n) is 5.17. The molecule has 1 aromatic heterocycles. The minimum atomic E-state index is -0.912. The van der Waals surface area contributed by atoms with Gasteiger partial charge >= 0.3 is 0 Å². The zero-order valence-electron chi connectivity index (χ0n) is 13.8. The largest absolute Gasteiger partial charge is 0.273 e. The molecule has 2 heterocycles. The van der Waals surface area contributed by atoms with Crippen LogP contribution in [0, 0.1) is 5.92 Å². The molecule has 3 rings (SSSR count). The molecule has 0 spiro atoms. The molecule has 2 amide bonds. The number of amides is 2. The van der Waals surface area contributed by atoms with Crippen LogP contribution in [-0.4, -0.2) is 49.1 Å². The fourth-order valence-corrected chi connectivity index (χ4v) is 3.69. The van der Waals surface area contributed by atoms with Gasteiger partial charge in [-0.15, -0.1) is 0 Å². The van der Waals surface area contributed by atoms with E-state index in [1.165, 1.54) is 6.21 Å². The maximum Gasteiger partial charge on any atom is 0.251 e. The summed E-state index contributed by atoms with van der Waals surface area (Å²) in [4.78, 5) is 33.4. The number of nitrogens with zero attached hydrogens (tertiary/aromatic N) is 5. The van der Waals surface area contributed by atoms with Crippen molar-refractivity contribution >= 4 is 46.8 Å². The third-order valence-electron chi connectivity index (χ3n) is 3.58. The van der Waals surface area contributed by atoms with Crippen LogP contribution in [0.5, 0.6) is 0 Å². The van der Waals surface area contributed by atoms with Gasteiger partial charge in [-0.2, -0.15) is 9.36 Å². The number of rotatable bonds is 5. The third kappa shape index (κ3) is 3.72. The molecule has 1 aliphatic rings. The van der Waals surface area contributed by atoms with Gasteiger partial charge in [0, 0.05) is 36.4 Å². The zero-order chi connectivity index (χ0) is 17.8. The van der Waals surface area contributed by atoms with Crippen LogP contribution in [0.2, 0.25) is 0 Å². The lowest BCUT2D eigenvalue weighted by Crippen LogP contribution is -2.49. The van der Waals surface area contributed by atoms with Crippen molar-refractivity contribution in [2.45, 2.75) is 13.8 Å². The van der Waals surface area contributed by atoms with Crippen molar-refractivity contribution in [3.63, 3.8) is 0 Å². The second-order valence-corrected chi connectivity index (χ2v) is 6.95. The Kier molecular flexibility index (Phi) is 5.44. The minimum absolute atomic E-state index is 0.251. The van der Waals surface area contributed by atoms with Gasteiger partial charge in [-0.25, -0.2) is 4.99 Å². The lowest BCUT2D eigenvalue weighted by molar-refractivity contribution is -0.140. The Hall–Kier alpha value is -2.26. The van der Waals surface area contributed by atoms with Crippen LogP contribution in [0.4, 0.5) is 5.13 Å². The topological polar surface area (TPSA) is 78.8 Å². The van der Waals surface area contributed by atoms with E-state index < -0.39 is 5.92 Å². The Morgan fingerprint density at radius 2 is 1.76 bits per heavy atom. The van der Waals surface area contributed by atoms with Gasteiger partial charge in [-0.05, 0) is 13.8 Å². The first kappa shape index (κ1) is 17.6. The van der Waals surface area contributed by atoms with Crippen molar-refractivity contribution in [2.24, 2.45) is 10.9 Å². The number of benzene rings is 1. The summed E-state index contributed by atoms with van der Waals surface area (Å²) in [6.45, 7) is 4.79. The highest BCUT2D eigenvalue weighted by atomic mass is 32.2. The first-order valence-corrected chi connectivity index (χ1v) is 9.38. The molecule has 9 heteroatoms. The van der Waals surface area contributed by atoms with Gasteiger partial charge in [0.05, 0.1) is 12.1 Å². The van der Waals surface area contributed by atoms with Crippen LogP contribution in [0.15, 0.2) is 35.3 Å². The molecule has 1 aliphatic heterocycles. The number of carbonyl (C=O) groups is 2. The monoisotopic (exact) mass is 375 g/mol. The molecule has 25 heavy (non-hydrogen) atoms. The van der Waals surface area contributed by atoms with Crippen molar-refractivity contribution in [2.75, 3.05) is 13.1 Å². The number of aromatic nitrogens is 2. The second kappa shape index (κ2) is 7.75. The van der Waals surface area contributed by atoms with Crippen molar-refractivity contribution in [1.82, 2.24) is 18.0 Å². The summed E-state index contributed by atoms with van der Waals surface area (Å²) < 4.78 is 7.41. The van der Waals surface area contributed by atoms with E-state index in [9.17, 15) is 9.59 Å². The fraction of sp³-hybridized carbons (Fsp3) is 0.312. The van der Waals surface area contributed by atoms with Crippen LogP contribution in [0.3, 0.4) is 0 Å². The molecule has 0 bridgehead atoms. The lowest BCUT2D eigenvalue weighted by atomic mass is 10.1. The van der Waals surface area contributed by atoms with E-state index in [1.54, 1.807) is 8.61 Å². The van der Waals surface area contributed by atoms with Crippen LogP contribution >= 0.6 is 23.7 Å². The summed E-state index contributed by atoms with van der Waals surface area (Å²) in [5.74, 6) is -0.831. The molecular weight excluding hydrogens is 358 g/mol. The van der Waals surface area contributed by atoms with Crippen molar-refractivity contribution in [3.05, 3.63) is 30.3 Å². The van der Waals surface area contributed by atoms with E-state index in [0.29, 0.717) is 24.0 Å². The van der Waals surface area contributed by atoms with Gasteiger partial charge in [0.1, 0.15) is 0 Å². The zero-order valence-corrected chi connectivity index (χ0v) is 15.5. The molecule has 0 aliphatic carbocycles. The molecule has 1 saturated heterocycles. The first-order valence-electron chi connectivity index (χ1n) is 7.88. The number of hydrogen-bond donors (Lipinski definition) is 0. The standard InChI is InChI=1S/C16H17N5O2S2/c1-3-20-14(22)12(15(23)21(4-2)25-20)10-17-16-18-13(19-24-16)11-8-6-5-7-9-11/h5-10,12H,3-4H2,1-2H3. The fourth-order valence-electron chi connectivity index (χ4n) is 2.28. The van der Waals surface area contributed by atoms with Crippen LogP contribution in [0.25, 0.3) is 11.4 Å². The minimum Gasteiger partial charge on any atom is -0.273 e. The van der Waals surface area contributed by atoms with Gasteiger partial charge in [0.15, 0.2) is 11.7 Å². The molecule has 130 valence electrons. The van der Waals surface area contributed by atoms with E-state index in [4.69, 9.17) is 0 Å². The van der Waals surface area contributed by atoms with Gasteiger partial charge in [0.2, 0.25) is 5.13 Å². The van der Waals surface area contributed by atoms with Gasteiger partial charge in [-0.3, -0.25) is 18.2 Å². The number of hydrogen-bond acceptors (Lipinski definition) is 7. The summed E-state index contributed by atoms with van der Waals surface area (Å²) >= 11 is 2.29. The highest BCUT2D eigenvalue weighted by Gasteiger charge is 2.39. The van der Waals surface area contributed by atoms with E-state index >= 15 is 0 Å². The van der Waals surface area contributed by atoms with Gasteiger partial charge in [-0.1, -0.05) is 30.3 Å². The Balaban J connectivity index is 1.79. The van der Waals surface area contributed by atoms with Crippen molar-refractivity contribution in [3.8, 4) is 11.4 Å². The van der Waals surface area contributed by atoms with E-state index in [-0.39, 0.29) is 11.8 Å². The molecule has 1 aromatic carbocycles. The highest BCUT2D eigenvalue weighted by Crippen LogP contribution is 2.28. The normalized spacial score (nSPS) is 16.2. The smallest absolute Gasteiger partial charge is 0.251 e. The summed E-state index contributed by atoms with van der Waals surface area (Å²) in [5.41, 5.74) is 0.899. The quantitative estimate of drug-likeness (QED) is 0.456. The highest BCUT2D eigenvalue weighted by molar-refractivity contribution is 7.95. The molecule has 7 nitrogen and oxygen atoms in total. The molecule has 0 atom stereocenters. The third-order valence-corrected chi connectivity index (χ3v) is 5.47. The molecule has 0 saturated carbocycles. The predicted molar refractivity (Wildman–Crippen MR) is 99.4 cm³/mol. The van der Waals surface area contributed by atoms with Crippen molar-refractivity contribution in [1.29, 1.82) is 0 Å². The van der Waals surface area contributed by atoms with Crippen LogP contribution in [0.1, 0.15) is 13.8 Å². The first-order chi connectivity index (χ1) is 12.1. The predicted octanol–water partition coefficient (Wildman–Crippen LogP) is 2.80. The average Bonchev–Trinajstić information content (AvgIpc) is 3.12. The summed E-state index contributed by atoms with van der Waals surface area (Å²) in [6.07, 6.45) is 1.38. The lowest BCUT2D eigenvalue weighted by Gasteiger charge is -2.34. The molecule has 1 fully saturated rings. The maximum atomic E-state index is 12.4. The van der Waals surface area contributed by atoms with E-state index in [0.717, 1.165) is 29.2 Å². The Labute approximate surface area is 154 Å². The summed E-state index contributed by atoms with van der Waals surface area (Å²) in [7, 11) is 0. The Morgan fingerprint density at radius 3 is 2.36 bits per heavy atom. The van der Waals surface area contributed by atoms with Gasteiger partial charge < -0.3 is 0 Å². The summed E-state index contributed by atoms with van der Waals surface area (Å²) in [5, 5.41) is 0.420. The van der Waals surface area contributed by atoms with Gasteiger partial charge in [0.25, 0.3) is 11.8 Å². The molecular formula is C16H17N5O2S2. The average molecular weight is 375 g/mol.